The van der Waals surface area contributed by atoms with E-state index in [0.717, 1.165) is 12.8 Å². The van der Waals surface area contributed by atoms with Gasteiger partial charge in [-0.05, 0) is 43.4 Å². The maximum absolute atomic E-state index is 11.5. The Labute approximate surface area is 132 Å². The van der Waals surface area contributed by atoms with Gasteiger partial charge in [-0.3, -0.25) is 0 Å². The smallest absolute Gasteiger partial charge is 0.333 e. The molecule has 2 rings (SSSR count). The second-order valence-corrected chi connectivity index (χ2v) is 5.21. The zero-order valence-electron chi connectivity index (χ0n) is 13.2. The molecule has 2 heteroatoms. The average molecular weight is 294 g/mol. The molecule has 0 saturated heterocycles. The van der Waals surface area contributed by atoms with Crippen LogP contribution in [0.4, 0.5) is 0 Å². The van der Waals surface area contributed by atoms with E-state index in [1.54, 1.807) is 6.92 Å². The number of esters is 1. The van der Waals surface area contributed by atoms with Gasteiger partial charge < -0.3 is 4.74 Å². The van der Waals surface area contributed by atoms with Crippen molar-refractivity contribution in [2.75, 3.05) is 6.61 Å². The van der Waals surface area contributed by atoms with E-state index < -0.39 is 0 Å². The number of allylic oxidation sites excluding steroid dienone is 1. The van der Waals surface area contributed by atoms with Crippen LogP contribution in [0.2, 0.25) is 0 Å². The van der Waals surface area contributed by atoms with E-state index in [2.05, 4.69) is 36.4 Å². The van der Waals surface area contributed by atoms with Gasteiger partial charge in [0.25, 0.3) is 0 Å². The summed E-state index contributed by atoms with van der Waals surface area (Å²) in [6, 6.07) is 18.9. The van der Waals surface area contributed by atoms with Gasteiger partial charge >= 0.3 is 5.97 Å². The van der Waals surface area contributed by atoms with Gasteiger partial charge in [0, 0.05) is 5.57 Å². The Balaban J connectivity index is 1.92. The summed E-state index contributed by atoms with van der Waals surface area (Å²) in [6.45, 7) is 4.04. The van der Waals surface area contributed by atoms with Gasteiger partial charge in [0.1, 0.15) is 0 Å². The molecule has 0 bridgehead atoms. The van der Waals surface area contributed by atoms with Crippen LogP contribution in [-0.2, 0) is 16.0 Å². The highest BCUT2D eigenvalue weighted by Crippen LogP contribution is 2.19. The molecule has 2 aromatic rings. The molecule has 0 aromatic heterocycles. The van der Waals surface area contributed by atoms with Crippen molar-refractivity contribution in [2.45, 2.75) is 26.7 Å². The number of aryl methyl sites for hydroxylation is 1. The van der Waals surface area contributed by atoms with Gasteiger partial charge in [-0.25, -0.2) is 4.79 Å². The summed E-state index contributed by atoms with van der Waals surface area (Å²) in [5.74, 6) is -0.220. The number of carbonyl (C=O) groups excluding carboxylic acids is 1. The molecule has 0 aliphatic carbocycles. The van der Waals surface area contributed by atoms with Crippen LogP contribution in [0.1, 0.15) is 25.8 Å². The molecule has 0 atom stereocenters. The average Bonchev–Trinajstić information content (AvgIpc) is 2.56. The first-order valence-corrected chi connectivity index (χ1v) is 7.69. The van der Waals surface area contributed by atoms with Crippen LogP contribution in [-0.4, -0.2) is 12.6 Å². The highest BCUT2D eigenvalue weighted by molar-refractivity contribution is 5.87. The van der Waals surface area contributed by atoms with E-state index in [4.69, 9.17) is 4.74 Å². The molecule has 0 saturated carbocycles. The number of hydrogen-bond acceptors (Lipinski definition) is 2. The van der Waals surface area contributed by atoms with E-state index in [9.17, 15) is 4.79 Å². The van der Waals surface area contributed by atoms with Gasteiger partial charge in [0.2, 0.25) is 0 Å². The van der Waals surface area contributed by atoms with Crippen LogP contribution in [0.15, 0.2) is 66.2 Å². The highest BCUT2D eigenvalue weighted by atomic mass is 16.5. The molecule has 0 heterocycles. The molecule has 0 radical (unpaired) electrons. The largest absolute Gasteiger partial charge is 0.463 e. The van der Waals surface area contributed by atoms with Crippen molar-refractivity contribution in [3.63, 3.8) is 0 Å². The van der Waals surface area contributed by atoms with Crippen molar-refractivity contribution in [3.8, 4) is 11.1 Å². The third-order valence-corrected chi connectivity index (χ3v) is 3.54. The molecule has 0 aliphatic rings. The standard InChI is InChI=1S/C20H22O2/c1-3-22-20(21)16(2)8-7-9-17-12-14-19(15-13-17)18-10-5-4-6-11-18/h4-6,8,10-15H,3,7,9H2,1-2H3. The molecule has 0 amide bonds. The molecule has 22 heavy (non-hydrogen) atoms. The first kappa shape index (κ1) is 16.0. The fourth-order valence-electron chi connectivity index (χ4n) is 2.28. The van der Waals surface area contributed by atoms with Crippen molar-refractivity contribution < 1.29 is 9.53 Å². The number of benzene rings is 2. The lowest BCUT2D eigenvalue weighted by Gasteiger charge is -2.04. The summed E-state index contributed by atoms with van der Waals surface area (Å²) in [5.41, 5.74) is 4.41. The van der Waals surface area contributed by atoms with Crippen LogP contribution in [0.25, 0.3) is 11.1 Å². The maximum atomic E-state index is 11.5. The Morgan fingerprint density at radius 2 is 1.64 bits per heavy atom. The van der Waals surface area contributed by atoms with Gasteiger partial charge in [-0.2, -0.15) is 0 Å². The lowest BCUT2D eigenvalue weighted by atomic mass is 10.0. The Hall–Kier alpha value is -2.35. The summed E-state index contributed by atoms with van der Waals surface area (Å²) in [5, 5.41) is 0. The van der Waals surface area contributed by atoms with Crippen LogP contribution >= 0.6 is 0 Å². The third kappa shape index (κ3) is 4.59. The molecule has 2 aromatic carbocycles. The Kier molecular flexibility index (Phi) is 5.96. The number of ether oxygens (including phenoxy) is 1. The summed E-state index contributed by atoms with van der Waals surface area (Å²) in [7, 11) is 0. The van der Waals surface area contributed by atoms with Crippen LogP contribution < -0.4 is 0 Å². The summed E-state index contributed by atoms with van der Waals surface area (Å²) >= 11 is 0. The Bertz CT molecular complexity index is 625. The number of rotatable bonds is 6. The fraction of sp³-hybridized carbons (Fsp3) is 0.250. The van der Waals surface area contributed by atoms with Gasteiger partial charge in [-0.15, -0.1) is 0 Å². The molecule has 2 nitrogen and oxygen atoms in total. The lowest BCUT2D eigenvalue weighted by Crippen LogP contribution is -2.05. The van der Waals surface area contributed by atoms with Crippen molar-refractivity contribution in [2.24, 2.45) is 0 Å². The molecule has 0 N–H and O–H groups in total. The summed E-state index contributed by atoms with van der Waals surface area (Å²) in [6.07, 6.45) is 3.71. The zero-order valence-corrected chi connectivity index (χ0v) is 13.2. The van der Waals surface area contributed by atoms with Crippen molar-refractivity contribution in [1.82, 2.24) is 0 Å². The van der Waals surface area contributed by atoms with Crippen LogP contribution in [0, 0.1) is 0 Å². The second-order valence-electron chi connectivity index (χ2n) is 5.21. The monoisotopic (exact) mass is 294 g/mol. The molecule has 0 fully saturated rings. The van der Waals surface area contributed by atoms with Crippen LogP contribution in [0.3, 0.4) is 0 Å². The molecule has 0 unspecified atom stereocenters. The Morgan fingerprint density at radius 1 is 1.00 bits per heavy atom. The topological polar surface area (TPSA) is 26.3 Å². The molecule has 0 aliphatic heterocycles. The van der Waals surface area contributed by atoms with E-state index in [0.29, 0.717) is 12.2 Å². The Morgan fingerprint density at radius 3 is 2.27 bits per heavy atom. The second kappa shape index (κ2) is 8.18. The summed E-state index contributed by atoms with van der Waals surface area (Å²) in [4.78, 5) is 11.5. The molecule has 0 spiro atoms. The van der Waals surface area contributed by atoms with E-state index in [1.807, 2.05) is 31.2 Å². The highest BCUT2D eigenvalue weighted by Gasteiger charge is 2.03. The van der Waals surface area contributed by atoms with Crippen molar-refractivity contribution in [1.29, 1.82) is 0 Å². The molecule has 114 valence electrons. The lowest BCUT2D eigenvalue weighted by molar-refractivity contribution is -0.138. The first-order valence-electron chi connectivity index (χ1n) is 7.69. The minimum atomic E-state index is -0.220. The quantitative estimate of drug-likeness (QED) is 0.565. The maximum Gasteiger partial charge on any atom is 0.333 e. The fourth-order valence-corrected chi connectivity index (χ4v) is 2.28. The number of hydrogen-bond donors (Lipinski definition) is 0. The third-order valence-electron chi connectivity index (χ3n) is 3.54. The number of carbonyl (C=O) groups is 1. The minimum Gasteiger partial charge on any atom is -0.463 e. The van der Waals surface area contributed by atoms with Gasteiger partial charge in [-0.1, -0.05) is 60.7 Å². The first-order chi connectivity index (χ1) is 10.7. The normalized spacial score (nSPS) is 11.3. The summed E-state index contributed by atoms with van der Waals surface area (Å²) < 4.78 is 4.96. The molecular formula is C20H22O2. The van der Waals surface area contributed by atoms with E-state index >= 15 is 0 Å². The van der Waals surface area contributed by atoms with E-state index in [1.165, 1.54) is 16.7 Å². The van der Waals surface area contributed by atoms with E-state index in [-0.39, 0.29) is 5.97 Å². The SMILES string of the molecule is CCOC(=O)C(C)=CCCc1ccc(-c2ccccc2)cc1. The van der Waals surface area contributed by atoms with Crippen molar-refractivity contribution >= 4 is 5.97 Å². The molecular weight excluding hydrogens is 272 g/mol. The van der Waals surface area contributed by atoms with Crippen molar-refractivity contribution in [3.05, 3.63) is 71.8 Å². The predicted molar refractivity (Wildman–Crippen MR) is 90.6 cm³/mol. The van der Waals surface area contributed by atoms with Crippen LogP contribution in [0.5, 0.6) is 0 Å². The minimum absolute atomic E-state index is 0.220. The van der Waals surface area contributed by atoms with Gasteiger partial charge in [0.05, 0.1) is 6.61 Å². The van der Waals surface area contributed by atoms with Gasteiger partial charge in [0.15, 0.2) is 0 Å². The zero-order chi connectivity index (χ0) is 15.8. The predicted octanol–water partition coefficient (Wildman–Crippen LogP) is 4.80.